The molecule has 0 bridgehead atoms. The largest absolute Gasteiger partial charge is 0.393 e. The van der Waals surface area contributed by atoms with Crippen LogP contribution in [0.15, 0.2) is 29.1 Å². The molecule has 1 saturated carbocycles. The predicted molar refractivity (Wildman–Crippen MR) is 104 cm³/mol. The van der Waals surface area contributed by atoms with Crippen LogP contribution in [0.1, 0.15) is 51.6 Å². The number of halogens is 1. The number of nitrogens with zero attached hydrogens (tertiary/aromatic N) is 5. The van der Waals surface area contributed by atoms with Gasteiger partial charge in [-0.05, 0) is 56.0 Å². The van der Waals surface area contributed by atoms with E-state index in [9.17, 15) is 5.11 Å². The second kappa shape index (κ2) is 6.35. The quantitative estimate of drug-likeness (QED) is 0.675. The van der Waals surface area contributed by atoms with Gasteiger partial charge in [-0.15, -0.1) is 0 Å². The smallest absolute Gasteiger partial charge is 0.157 e. The number of aliphatic hydroxyl groups excluding tert-OH is 1. The maximum absolute atomic E-state index is 9.88. The Kier molecular flexibility index (Phi) is 4.27. The topological polar surface area (TPSA) is 80.3 Å². The fraction of sp³-hybridized carbons (Fsp3) is 0.500. The molecule has 1 aliphatic rings. The summed E-state index contributed by atoms with van der Waals surface area (Å²) in [6.07, 6.45) is 5.93. The molecule has 2 unspecified atom stereocenters. The van der Waals surface area contributed by atoms with Crippen molar-refractivity contribution >= 4 is 33.1 Å². The number of anilines is 2. The molecule has 2 N–H and O–H groups in total. The van der Waals surface area contributed by atoms with Crippen molar-refractivity contribution in [1.29, 1.82) is 0 Å². The summed E-state index contributed by atoms with van der Waals surface area (Å²) < 4.78 is 4.55. The first-order valence-corrected chi connectivity index (χ1v) is 9.66. The minimum absolute atomic E-state index is 0.177. The highest BCUT2D eigenvalue weighted by Gasteiger charge is 2.29. The Morgan fingerprint density at radius 1 is 1.23 bits per heavy atom. The third-order valence-electron chi connectivity index (χ3n) is 4.79. The molecular weight excluding hydrogens is 396 g/mol. The second-order valence-corrected chi connectivity index (χ2v) is 8.71. The fourth-order valence-corrected chi connectivity index (χ4v) is 3.92. The standard InChI is InChI=1S/C18H23BrN6O/c1-18(2,3)25-16(9-13(22-25)11-4-5-12(26)8-11)21-17-14-10-15(19)23-24(14)7-6-20-17/h6-7,9-12,26H,4-5,8H2,1-3H3,(H,20,21). The van der Waals surface area contributed by atoms with Crippen molar-refractivity contribution in [3.8, 4) is 0 Å². The zero-order valence-electron chi connectivity index (χ0n) is 15.1. The molecule has 0 aliphatic heterocycles. The van der Waals surface area contributed by atoms with Crippen molar-refractivity contribution in [1.82, 2.24) is 24.4 Å². The normalized spacial score (nSPS) is 20.8. The fourth-order valence-electron chi connectivity index (χ4n) is 3.54. The monoisotopic (exact) mass is 418 g/mol. The number of nitrogens with one attached hydrogen (secondary N) is 1. The highest BCUT2D eigenvalue weighted by Crippen LogP contribution is 2.36. The van der Waals surface area contributed by atoms with Gasteiger partial charge in [-0.1, -0.05) is 0 Å². The van der Waals surface area contributed by atoms with Crippen LogP contribution in [-0.2, 0) is 5.54 Å². The summed E-state index contributed by atoms with van der Waals surface area (Å²) in [4.78, 5) is 4.48. The Morgan fingerprint density at radius 3 is 2.73 bits per heavy atom. The van der Waals surface area contributed by atoms with E-state index < -0.39 is 0 Å². The molecule has 1 aliphatic carbocycles. The van der Waals surface area contributed by atoms with E-state index in [1.54, 1.807) is 10.7 Å². The Bertz CT molecular complexity index is 941. The molecule has 2 atom stereocenters. The maximum atomic E-state index is 9.88. The first-order valence-electron chi connectivity index (χ1n) is 8.86. The molecule has 1 fully saturated rings. The van der Waals surface area contributed by atoms with E-state index in [2.05, 4.69) is 58.2 Å². The first-order chi connectivity index (χ1) is 12.3. The third kappa shape index (κ3) is 3.23. The van der Waals surface area contributed by atoms with Gasteiger partial charge in [0.15, 0.2) is 5.82 Å². The van der Waals surface area contributed by atoms with Crippen LogP contribution in [-0.4, -0.2) is 35.6 Å². The molecule has 0 aromatic carbocycles. The van der Waals surface area contributed by atoms with Crippen molar-refractivity contribution in [2.45, 2.75) is 57.6 Å². The van der Waals surface area contributed by atoms with E-state index >= 15 is 0 Å². The van der Waals surface area contributed by atoms with Crippen LogP contribution in [0.3, 0.4) is 0 Å². The molecule has 26 heavy (non-hydrogen) atoms. The summed E-state index contributed by atoms with van der Waals surface area (Å²) in [5.74, 6) is 1.93. The summed E-state index contributed by atoms with van der Waals surface area (Å²) in [7, 11) is 0. The van der Waals surface area contributed by atoms with Crippen LogP contribution >= 0.6 is 15.9 Å². The number of rotatable bonds is 3. The molecule has 3 aromatic heterocycles. The average molecular weight is 419 g/mol. The zero-order valence-corrected chi connectivity index (χ0v) is 16.7. The Balaban J connectivity index is 1.73. The molecule has 0 amide bonds. The molecule has 0 saturated heterocycles. The van der Waals surface area contributed by atoms with Crippen LogP contribution in [0, 0.1) is 0 Å². The van der Waals surface area contributed by atoms with Gasteiger partial charge < -0.3 is 10.4 Å². The Morgan fingerprint density at radius 2 is 2.04 bits per heavy atom. The summed E-state index contributed by atoms with van der Waals surface area (Å²) >= 11 is 3.42. The van der Waals surface area contributed by atoms with Gasteiger partial charge in [0.1, 0.15) is 15.9 Å². The average Bonchev–Trinajstić information content (AvgIpc) is 3.24. The molecule has 138 valence electrons. The first kappa shape index (κ1) is 17.5. The number of hydrogen-bond acceptors (Lipinski definition) is 5. The number of hydrogen-bond donors (Lipinski definition) is 2. The number of aliphatic hydroxyl groups is 1. The zero-order chi connectivity index (χ0) is 18.5. The van der Waals surface area contributed by atoms with E-state index in [4.69, 9.17) is 5.10 Å². The van der Waals surface area contributed by atoms with E-state index in [1.165, 1.54) is 0 Å². The SMILES string of the molecule is CC(C)(C)n1nc(C2CCC(O)C2)cc1Nc1nccn2nc(Br)cc12. The van der Waals surface area contributed by atoms with Gasteiger partial charge in [-0.25, -0.2) is 14.2 Å². The van der Waals surface area contributed by atoms with Crippen LogP contribution in [0.2, 0.25) is 0 Å². The Labute approximate surface area is 160 Å². The maximum Gasteiger partial charge on any atom is 0.157 e. The van der Waals surface area contributed by atoms with E-state index in [1.807, 2.05) is 16.9 Å². The van der Waals surface area contributed by atoms with Crippen molar-refractivity contribution in [2.75, 3.05) is 5.32 Å². The highest BCUT2D eigenvalue weighted by atomic mass is 79.9. The lowest BCUT2D eigenvalue weighted by molar-refractivity contribution is 0.181. The Hall–Kier alpha value is -1.93. The van der Waals surface area contributed by atoms with Gasteiger partial charge in [0, 0.05) is 30.4 Å². The molecule has 8 heteroatoms. The molecule has 3 aromatic rings. The van der Waals surface area contributed by atoms with Gasteiger partial charge in [0.25, 0.3) is 0 Å². The molecular formula is C18H23BrN6O. The minimum atomic E-state index is -0.212. The predicted octanol–water partition coefficient (Wildman–Crippen LogP) is 3.82. The van der Waals surface area contributed by atoms with E-state index in [-0.39, 0.29) is 11.6 Å². The van der Waals surface area contributed by atoms with Crippen LogP contribution in [0.5, 0.6) is 0 Å². The lowest BCUT2D eigenvalue weighted by Gasteiger charge is -2.22. The third-order valence-corrected chi connectivity index (χ3v) is 5.18. The molecule has 0 radical (unpaired) electrons. The highest BCUT2D eigenvalue weighted by molar-refractivity contribution is 9.10. The van der Waals surface area contributed by atoms with Gasteiger partial charge in [-0.2, -0.15) is 10.2 Å². The van der Waals surface area contributed by atoms with Crippen molar-refractivity contribution < 1.29 is 5.11 Å². The molecule has 4 rings (SSSR count). The lowest BCUT2D eigenvalue weighted by Crippen LogP contribution is -2.25. The van der Waals surface area contributed by atoms with Crippen molar-refractivity contribution in [3.05, 3.63) is 34.8 Å². The summed E-state index contributed by atoms with van der Waals surface area (Å²) in [6, 6.07) is 4.02. The molecule has 7 nitrogen and oxygen atoms in total. The van der Waals surface area contributed by atoms with Gasteiger partial charge in [-0.3, -0.25) is 0 Å². The van der Waals surface area contributed by atoms with Crippen LogP contribution in [0.25, 0.3) is 5.52 Å². The van der Waals surface area contributed by atoms with Crippen molar-refractivity contribution in [3.63, 3.8) is 0 Å². The van der Waals surface area contributed by atoms with E-state index in [0.717, 1.165) is 46.7 Å². The summed E-state index contributed by atoms with van der Waals surface area (Å²) in [5, 5.41) is 22.5. The van der Waals surface area contributed by atoms with Gasteiger partial charge in [0.05, 0.1) is 17.3 Å². The minimum Gasteiger partial charge on any atom is -0.393 e. The van der Waals surface area contributed by atoms with Crippen molar-refractivity contribution in [2.24, 2.45) is 0 Å². The molecule has 3 heterocycles. The van der Waals surface area contributed by atoms with E-state index in [0.29, 0.717) is 5.92 Å². The van der Waals surface area contributed by atoms with Gasteiger partial charge >= 0.3 is 0 Å². The van der Waals surface area contributed by atoms with Crippen LogP contribution in [0.4, 0.5) is 11.6 Å². The summed E-state index contributed by atoms with van der Waals surface area (Å²) in [6.45, 7) is 6.38. The number of fused-ring (bicyclic) bond motifs is 1. The van der Waals surface area contributed by atoms with Gasteiger partial charge in [0.2, 0.25) is 0 Å². The lowest BCUT2D eigenvalue weighted by atomic mass is 10.0. The van der Waals surface area contributed by atoms with Crippen LogP contribution < -0.4 is 5.32 Å². The summed E-state index contributed by atoms with van der Waals surface area (Å²) in [5.41, 5.74) is 1.74. The molecule has 0 spiro atoms. The second-order valence-electron chi connectivity index (χ2n) is 7.90. The number of aromatic nitrogens is 5.